The van der Waals surface area contributed by atoms with Crippen LogP contribution in [0.3, 0.4) is 0 Å². The molecule has 0 saturated heterocycles. The number of aliphatic hydroxyl groups is 1. The molecule has 3 heteroatoms. The summed E-state index contributed by atoms with van der Waals surface area (Å²) in [4.78, 5) is 12.2. The maximum atomic E-state index is 12.2. The Bertz CT molecular complexity index is 334. The molecule has 0 radical (unpaired) electrons. The topological polar surface area (TPSA) is 49.3 Å². The van der Waals surface area contributed by atoms with E-state index >= 15 is 0 Å². The second-order valence-electron chi connectivity index (χ2n) is 8.18. The van der Waals surface area contributed by atoms with Crippen molar-refractivity contribution in [1.29, 1.82) is 0 Å². The van der Waals surface area contributed by atoms with Crippen molar-refractivity contribution in [3.8, 4) is 0 Å². The second-order valence-corrected chi connectivity index (χ2v) is 8.18. The lowest BCUT2D eigenvalue weighted by atomic mass is 9.49. The second kappa shape index (κ2) is 4.47. The van der Waals surface area contributed by atoms with Crippen molar-refractivity contribution in [3.05, 3.63) is 0 Å². The first-order chi connectivity index (χ1) is 8.84. The predicted octanol–water partition coefficient (Wildman–Crippen LogP) is 2.48. The molecule has 3 nitrogen and oxygen atoms in total. The third-order valence-electron chi connectivity index (χ3n) is 5.42. The number of hydrogen-bond acceptors (Lipinski definition) is 2. The molecule has 0 atom stereocenters. The lowest BCUT2D eigenvalue weighted by Crippen LogP contribution is -2.48. The molecule has 4 rings (SSSR count). The predicted molar refractivity (Wildman–Crippen MR) is 74.5 cm³/mol. The molecule has 4 aliphatic carbocycles. The van der Waals surface area contributed by atoms with Crippen LogP contribution >= 0.6 is 0 Å². The van der Waals surface area contributed by atoms with Gasteiger partial charge in [0, 0.05) is 13.0 Å². The van der Waals surface area contributed by atoms with Gasteiger partial charge in [-0.15, -0.1) is 0 Å². The molecule has 0 heterocycles. The number of carbonyl (C=O) groups is 1. The highest BCUT2D eigenvalue weighted by molar-refractivity contribution is 5.76. The standard InChI is InChI=1S/C16H27NO2/c1-15(2,19)10-17-14(18)9-16-6-11-3-12(7-16)5-13(4-11)8-16/h11-13,19H,3-10H2,1-2H3,(H,17,18). The molecule has 0 aromatic rings. The van der Waals surface area contributed by atoms with Crippen LogP contribution in [-0.4, -0.2) is 23.2 Å². The van der Waals surface area contributed by atoms with Crippen LogP contribution in [0.25, 0.3) is 0 Å². The molecule has 4 saturated carbocycles. The summed E-state index contributed by atoms with van der Waals surface area (Å²) >= 11 is 0. The molecule has 108 valence electrons. The summed E-state index contributed by atoms with van der Waals surface area (Å²) in [5, 5.41) is 12.6. The summed E-state index contributed by atoms with van der Waals surface area (Å²) in [6, 6.07) is 0. The maximum Gasteiger partial charge on any atom is 0.220 e. The van der Waals surface area contributed by atoms with Gasteiger partial charge < -0.3 is 10.4 Å². The Balaban J connectivity index is 1.59. The first kappa shape index (κ1) is 13.4. The van der Waals surface area contributed by atoms with Crippen molar-refractivity contribution in [2.24, 2.45) is 23.2 Å². The number of hydrogen-bond donors (Lipinski definition) is 2. The van der Waals surface area contributed by atoms with E-state index in [9.17, 15) is 9.90 Å². The minimum Gasteiger partial charge on any atom is -0.389 e. The Morgan fingerprint density at radius 2 is 1.63 bits per heavy atom. The van der Waals surface area contributed by atoms with Gasteiger partial charge in [-0.3, -0.25) is 4.79 Å². The summed E-state index contributed by atoms with van der Waals surface area (Å²) < 4.78 is 0. The Hall–Kier alpha value is -0.570. The van der Waals surface area contributed by atoms with Crippen LogP contribution in [0.4, 0.5) is 0 Å². The van der Waals surface area contributed by atoms with Crippen LogP contribution in [0.15, 0.2) is 0 Å². The van der Waals surface area contributed by atoms with Crippen LogP contribution in [0.1, 0.15) is 58.8 Å². The molecule has 0 aliphatic heterocycles. The molecule has 0 spiro atoms. The van der Waals surface area contributed by atoms with E-state index in [0.717, 1.165) is 17.8 Å². The Labute approximate surface area is 116 Å². The highest BCUT2D eigenvalue weighted by Gasteiger charge is 2.51. The molecule has 0 unspecified atom stereocenters. The molecular weight excluding hydrogens is 238 g/mol. The first-order valence-corrected chi connectivity index (χ1v) is 7.83. The smallest absolute Gasteiger partial charge is 0.220 e. The van der Waals surface area contributed by atoms with Crippen LogP contribution < -0.4 is 5.32 Å². The van der Waals surface area contributed by atoms with E-state index in [0.29, 0.717) is 18.4 Å². The van der Waals surface area contributed by atoms with Gasteiger partial charge in [0.1, 0.15) is 0 Å². The fourth-order valence-electron chi connectivity index (χ4n) is 5.22. The number of carbonyl (C=O) groups excluding carboxylic acids is 1. The van der Waals surface area contributed by atoms with Crippen molar-refractivity contribution in [3.63, 3.8) is 0 Å². The van der Waals surface area contributed by atoms with E-state index in [1.54, 1.807) is 13.8 Å². The van der Waals surface area contributed by atoms with E-state index in [4.69, 9.17) is 0 Å². The fourth-order valence-corrected chi connectivity index (χ4v) is 5.22. The molecule has 1 amide bonds. The largest absolute Gasteiger partial charge is 0.389 e. The minimum atomic E-state index is -0.808. The summed E-state index contributed by atoms with van der Waals surface area (Å²) in [6.45, 7) is 3.83. The Morgan fingerprint density at radius 1 is 1.16 bits per heavy atom. The third-order valence-corrected chi connectivity index (χ3v) is 5.42. The molecule has 0 aromatic heterocycles. The van der Waals surface area contributed by atoms with E-state index < -0.39 is 5.60 Å². The van der Waals surface area contributed by atoms with Crippen LogP contribution in [0.2, 0.25) is 0 Å². The van der Waals surface area contributed by atoms with Gasteiger partial charge in [-0.25, -0.2) is 0 Å². The average molecular weight is 265 g/mol. The van der Waals surface area contributed by atoms with Crippen molar-refractivity contribution in [2.45, 2.75) is 64.4 Å². The Kier molecular flexibility index (Phi) is 3.16. The van der Waals surface area contributed by atoms with Crippen molar-refractivity contribution in [2.75, 3.05) is 6.54 Å². The molecule has 4 fully saturated rings. The minimum absolute atomic E-state index is 0.143. The third kappa shape index (κ3) is 2.96. The zero-order valence-corrected chi connectivity index (χ0v) is 12.2. The first-order valence-electron chi connectivity index (χ1n) is 7.83. The molecule has 2 N–H and O–H groups in total. The van der Waals surface area contributed by atoms with E-state index in [2.05, 4.69) is 5.32 Å². The summed E-state index contributed by atoms with van der Waals surface area (Å²) in [6.07, 6.45) is 8.77. The van der Waals surface area contributed by atoms with Gasteiger partial charge in [-0.05, 0) is 75.5 Å². The fraction of sp³-hybridized carbons (Fsp3) is 0.938. The number of rotatable bonds is 4. The van der Waals surface area contributed by atoms with Gasteiger partial charge in [0.15, 0.2) is 0 Å². The van der Waals surface area contributed by atoms with E-state index in [1.807, 2.05) is 0 Å². The number of amides is 1. The highest BCUT2D eigenvalue weighted by atomic mass is 16.3. The van der Waals surface area contributed by atoms with E-state index in [1.165, 1.54) is 38.5 Å². The average Bonchev–Trinajstić information content (AvgIpc) is 2.22. The Morgan fingerprint density at radius 3 is 2.05 bits per heavy atom. The van der Waals surface area contributed by atoms with Crippen LogP contribution in [0.5, 0.6) is 0 Å². The zero-order chi connectivity index (χ0) is 13.7. The van der Waals surface area contributed by atoms with Gasteiger partial charge in [-0.2, -0.15) is 0 Å². The molecule has 0 aromatic carbocycles. The van der Waals surface area contributed by atoms with Crippen molar-refractivity contribution < 1.29 is 9.90 Å². The zero-order valence-electron chi connectivity index (χ0n) is 12.2. The van der Waals surface area contributed by atoms with Crippen molar-refractivity contribution in [1.82, 2.24) is 5.32 Å². The van der Waals surface area contributed by atoms with Crippen LogP contribution in [-0.2, 0) is 4.79 Å². The lowest BCUT2D eigenvalue weighted by Gasteiger charge is -2.56. The van der Waals surface area contributed by atoms with Gasteiger partial charge in [0.25, 0.3) is 0 Å². The monoisotopic (exact) mass is 265 g/mol. The maximum absolute atomic E-state index is 12.2. The lowest BCUT2D eigenvalue weighted by molar-refractivity contribution is -0.130. The summed E-state index contributed by atoms with van der Waals surface area (Å²) in [5.74, 6) is 2.83. The quantitative estimate of drug-likeness (QED) is 0.820. The van der Waals surface area contributed by atoms with Gasteiger partial charge >= 0.3 is 0 Å². The van der Waals surface area contributed by atoms with Gasteiger partial charge in [0.2, 0.25) is 5.91 Å². The molecular formula is C16H27NO2. The molecule has 4 bridgehead atoms. The van der Waals surface area contributed by atoms with Crippen molar-refractivity contribution >= 4 is 5.91 Å². The highest BCUT2D eigenvalue weighted by Crippen LogP contribution is 2.61. The summed E-state index contributed by atoms with van der Waals surface area (Å²) in [5.41, 5.74) is -0.504. The van der Waals surface area contributed by atoms with E-state index in [-0.39, 0.29) is 5.91 Å². The van der Waals surface area contributed by atoms with Crippen LogP contribution in [0, 0.1) is 23.2 Å². The molecule has 19 heavy (non-hydrogen) atoms. The normalized spacial score (nSPS) is 40.5. The number of nitrogens with one attached hydrogen (secondary N) is 1. The SMILES string of the molecule is CC(C)(O)CNC(=O)CC12CC3CC(CC(C3)C1)C2. The van der Waals surface area contributed by atoms with Gasteiger partial charge in [0.05, 0.1) is 5.60 Å². The molecule has 4 aliphatic rings. The van der Waals surface area contributed by atoms with Gasteiger partial charge in [-0.1, -0.05) is 0 Å². The summed E-state index contributed by atoms with van der Waals surface area (Å²) in [7, 11) is 0.